The third kappa shape index (κ3) is 3.40. The zero-order valence-corrected chi connectivity index (χ0v) is 13.0. The highest BCUT2D eigenvalue weighted by Gasteiger charge is 2.34. The summed E-state index contributed by atoms with van der Waals surface area (Å²) >= 11 is 3.41. The number of amides is 1. The lowest BCUT2D eigenvalue weighted by Gasteiger charge is -2.24. The Balaban J connectivity index is 1.52. The molecule has 1 amide bonds. The summed E-state index contributed by atoms with van der Waals surface area (Å²) < 4.78 is 0.978. The van der Waals surface area contributed by atoms with E-state index in [0.717, 1.165) is 35.7 Å². The first kappa shape index (κ1) is 14.0. The van der Waals surface area contributed by atoms with Gasteiger partial charge in [-0.05, 0) is 43.5 Å². The minimum atomic E-state index is 0.0711. The lowest BCUT2D eigenvalue weighted by molar-refractivity contribution is -0.117. The molecule has 2 unspecified atom stereocenters. The van der Waals surface area contributed by atoms with Gasteiger partial charge in [0.1, 0.15) is 0 Å². The second-order valence-corrected chi connectivity index (χ2v) is 6.63. The number of carbonyl (C=O) groups excluding carboxylic acids is 1. The van der Waals surface area contributed by atoms with Crippen molar-refractivity contribution in [1.82, 2.24) is 10.2 Å². The maximum atomic E-state index is 12.1. The summed E-state index contributed by atoms with van der Waals surface area (Å²) in [6.07, 6.45) is 2.56. The summed E-state index contributed by atoms with van der Waals surface area (Å²) in [6, 6.07) is 8.29. The van der Waals surface area contributed by atoms with Gasteiger partial charge in [-0.3, -0.25) is 9.69 Å². The van der Waals surface area contributed by atoms with E-state index in [0.29, 0.717) is 12.6 Å². The highest BCUT2D eigenvalue weighted by atomic mass is 79.9. The third-order valence-electron chi connectivity index (χ3n) is 4.15. The number of nitrogens with one attached hydrogen (secondary N) is 2. The molecular weight excluding hydrogens is 318 g/mol. The van der Waals surface area contributed by atoms with E-state index >= 15 is 0 Å². The molecule has 1 aromatic carbocycles. The van der Waals surface area contributed by atoms with E-state index in [1.807, 2.05) is 24.3 Å². The Morgan fingerprint density at radius 1 is 1.45 bits per heavy atom. The van der Waals surface area contributed by atoms with Gasteiger partial charge in [-0.25, -0.2) is 0 Å². The molecule has 2 saturated heterocycles. The van der Waals surface area contributed by atoms with Crippen LogP contribution in [-0.2, 0) is 4.79 Å². The molecule has 2 fully saturated rings. The number of benzene rings is 1. The molecule has 2 N–H and O–H groups in total. The Bertz CT molecular complexity index is 480. The number of fused-ring (bicyclic) bond motifs is 1. The lowest BCUT2D eigenvalue weighted by Crippen LogP contribution is -2.41. The second-order valence-electron chi connectivity index (χ2n) is 5.72. The summed E-state index contributed by atoms with van der Waals surface area (Å²) in [7, 11) is 0. The lowest BCUT2D eigenvalue weighted by atomic mass is 9.94. The number of nitrogens with zero attached hydrogens (tertiary/aromatic N) is 1. The van der Waals surface area contributed by atoms with Crippen molar-refractivity contribution in [2.75, 3.05) is 31.5 Å². The van der Waals surface area contributed by atoms with Crippen molar-refractivity contribution in [3.05, 3.63) is 28.7 Å². The van der Waals surface area contributed by atoms with Crippen molar-refractivity contribution in [3.8, 4) is 0 Å². The van der Waals surface area contributed by atoms with E-state index in [1.165, 1.54) is 12.8 Å². The van der Waals surface area contributed by atoms with Crippen LogP contribution < -0.4 is 10.6 Å². The van der Waals surface area contributed by atoms with E-state index in [1.54, 1.807) is 0 Å². The average molecular weight is 338 g/mol. The molecule has 0 aliphatic carbocycles. The van der Waals surface area contributed by atoms with Crippen LogP contribution in [0.25, 0.3) is 0 Å². The van der Waals surface area contributed by atoms with Crippen molar-refractivity contribution < 1.29 is 4.79 Å². The number of carbonyl (C=O) groups is 1. The van der Waals surface area contributed by atoms with E-state index in [4.69, 9.17) is 0 Å². The predicted molar refractivity (Wildman–Crippen MR) is 83.7 cm³/mol. The first-order valence-electron chi connectivity index (χ1n) is 7.22. The molecule has 0 saturated carbocycles. The summed E-state index contributed by atoms with van der Waals surface area (Å²) in [4.78, 5) is 14.4. The minimum Gasteiger partial charge on any atom is -0.325 e. The Morgan fingerprint density at radius 3 is 3.15 bits per heavy atom. The Hall–Kier alpha value is -0.910. The van der Waals surface area contributed by atoms with Gasteiger partial charge in [-0.1, -0.05) is 22.0 Å². The molecule has 1 aromatic rings. The highest BCUT2D eigenvalue weighted by Crippen LogP contribution is 2.24. The van der Waals surface area contributed by atoms with Gasteiger partial charge in [0.25, 0.3) is 0 Å². The molecule has 2 aliphatic heterocycles. The minimum absolute atomic E-state index is 0.0711. The van der Waals surface area contributed by atoms with Crippen molar-refractivity contribution >= 4 is 27.5 Å². The number of rotatable bonds is 3. The molecule has 3 rings (SSSR count). The number of hydrogen-bond acceptors (Lipinski definition) is 3. The van der Waals surface area contributed by atoms with Crippen LogP contribution in [0.5, 0.6) is 0 Å². The molecule has 2 atom stereocenters. The molecule has 20 heavy (non-hydrogen) atoms. The van der Waals surface area contributed by atoms with Crippen LogP contribution in [0.15, 0.2) is 28.7 Å². The van der Waals surface area contributed by atoms with Gasteiger partial charge < -0.3 is 10.6 Å². The van der Waals surface area contributed by atoms with Crippen molar-refractivity contribution in [2.45, 2.75) is 18.9 Å². The van der Waals surface area contributed by atoms with Crippen molar-refractivity contribution in [3.63, 3.8) is 0 Å². The standard InChI is InChI=1S/C15H20BrN3O/c16-12-4-1-5-13(7-12)18-15(20)10-19-8-11-3-2-6-17-14(11)9-19/h1,4-5,7,11,14,17H,2-3,6,8-10H2,(H,18,20). The summed E-state index contributed by atoms with van der Waals surface area (Å²) in [5, 5.41) is 6.52. The molecule has 2 aliphatic rings. The SMILES string of the molecule is O=C(CN1CC2CCCNC2C1)Nc1cccc(Br)c1. The molecule has 108 valence electrons. The van der Waals surface area contributed by atoms with Gasteiger partial charge in [-0.2, -0.15) is 0 Å². The van der Waals surface area contributed by atoms with E-state index in [9.17, 15) is 4.79 Å². The number of piperidine rings is 1. The number of anilines is 1. The fourth-order valence-electron chi connectivity index (χ4n) is 3.24. The number of hydrogen-bond donors (Lipinski definition) is 2. The van der Waals surface area contributed by atoms with Crippen LogP contribution >= 0.6 is 15.9 Å². The van der Waals surface area contributed by atoms with Gasteiger partial charge in [0.2, 0.25) is 5.91 Å². The fourth-order valence-corrected chi connectivity index (χ4v) is 3.63. The molecule has 4 nitrogen and oxygen atoms in total. The van der Waals surface area contributed by atoms with Crippen LogP contribution in [0.4, 0.5) is 5.69 Å². The second kappa shape index (κ2) is 6.24. The van der Waals surface area contributed by atoms with Gasteiger partial charge in [0.05, 0.1) is 6.54 Å². The largest absolute Gasteiger partial charge is 0.325 e. The smallest absolute Gasteiger partial charge is 0.238 e. The topological polar surface area (TPSA) is 44.4 Å². The number of likely N-dealkylation sites (tertiary alicyclic amines) is 1. The summed E-state index contributed by atoms with van der Waals surface area (Å²) in [5.74, 6) is 0.796. The fraction of sp³-hybridized carbons (Fsp3) is 0.533. The summed E-state index contributed by atoms with van der Waals surface area (Å²) in [5.41, 5.74) is 0.846. The Labute approximate surface area is 128 Å². The molecular formula is C15H20BrN3O. The molecule has 0 aromatic heterocycles. The highest BCUT2D eigenvalue weighted by molar-refractivity contribution is 9.10. The van der Waals surface area contributed by atoms with Gasteiger partial charge >= 0.3 is 0 Å². The van der Waals surface area contributed by atoms with Crippen LogP contribution in [0, 0.1) is 5.92 Å². The molecule has 0 bridgehead atoms. The van der Waals surface area contributed by atoms with Gasteiger partial charge in [0.15, 0.2) is 0 Å². The number of halogens is 1. The normalized spacial score (nSPS) is 26.2. The van der Waals surface area contributed by atoms with E-state index < -0.39 is 0 Å². The maximum absolute atomic E-state index is 12.1. The zero-order chi connectivity index (χ0) is 13.9. The predicted octanol–water partition coefficient (Wildman–Crippen LogP) is 2.07. The Morgan fingerprint density at radius 2 is 2.35 bits per heavy atom. The first-order valence-corrected chi connectivity index (χ1v) is 8.01. The molecule has 2 heterocycles. The van der Waals surface area contributed by atoms with Crippen LogP contribution in [-0.4, -0.2) is 43.0 Å². The quantitative estimate of drug-likeness (QED) is 0.887. The molecule has 0 radical (unpaired) electrons. The zero-order valence-electron chi connectivity index (χ0n) is 11.4. The first-order chi connectivity index (χ1) is 9.70. The van der Waals surface area contributed by atoms with Crippen molar-refractivity contribution in [1.29, 1.82) is 0 Å². The van der Waals surface area contributed by atoms with E-state index in [-0.39, 0.29) is 5.91 Å². The molecule has 0 spiro atoms. The summed E-state index contributed by atoms with van der Waals surface area (Å²) in [6.45, 7) is 3.65. The van der Waals surface area contributed by atoms with Crippen LogP contribution in [0.3, 0.4) is 0 Å². The van der Waals surface area contributed by atoms with E-state index in [2.05, 4.69) is 31.5 Å². The van der Waals surface area contributed by atoms with Crippen LogP contribution in [0.2, 0.25) is 0 Å². The monoisotopic (exact) mass is 337 g/mol. The van der Waals surface area contributed by atoms with Gasteiger partial charge in [-0.15, -0.1) is 0 Å². The van der Waals surface area contributed by atoms with Crippen LogP contribution in [0.1, 0.15) is 12.8 Å². The third-order valence-corrected chi connectivity index (χ3v) is 4.64. The van der Waals surface area contributed by atoms with Gasteiger partial charge in [0, 0.05) is 29.3 Å². The Kier molecular flexibility index (Phi) is 4.38. The molecule has 5 heteroatoms. The van der Waals surface area contributed by atoms with Crippen molar-refractivity contribution in [2.24, 2.45) is 5.92 Å². The maximum Gasteiger partial charge on any atom is 0.238 e. The average Bonchev–Trinajstić information content (AvgIpc) is 2.80.